The zero-order valence-corrected chi connectivity index (χ0v) is 12.6. The maximum atomic E-state index is 6.53. The molecule has 0 aromatic heterocycles. The third-order valence-electron chi connectivity index (χ3n) is 4.52. The molecule has 1 atom stereocenters. The summed E-state index contributed by atoms with van der Waals surface area (Å²) in [6.07, 6.45) is 4.98. The molecule has 1 aromatic rings. The molecule has 0 bridgehead atoms. The van der Waals surface area contributed by atoms with Gasteiger partial charge in [0.05, 0.1) is 0 Å². The van der Waals surface area contributed by atoms with E-state index in [1.54, 1.807) is 0 Å². The second-order valence-corrected chi connectivity index (χ2v) is 6.56. The molecule has 1 aliphatic carbocycles. The van der Waals surface area contributed by atoms with Gasteiger partial charge in [-0.15, -0.1) is 0 Å². The summed E-state index contributed by atoms with van der Waals surface area (Å²) in [6.45, 7) is 5.55. The van der Waals surface area contributed by atoms with Crippen LogP contribution in [0.25, 0.3) is 0 Å². The van der Waals surface area contributed by atoms with Crippen LogP contribution in [-0.2, 0) is 6.42 Å². The molecular weight excluding hydrogens is 232 g/mol. The van der Waals surface area contributed by atoms with E-state index in [1.165, 1.54) is 30.4 Å². The lowest BCUT2D eigenvalue weighted by Crippen LogP contribution is -2.46. The topological polar surface area (TPSA) is 38.0 Å². The summed E-state index contributed by atoms with van der Waals surface area (Å²) in [5, 5.41) is 3.32. The van der Waals surface area contributed by atoms with Crippen molar-refractivity contribution in [3.63, 3.8) is 0 Å². The zero-order chi connectivity index (χ0) is 13.9. The van der Waals surface area contributed by atoms with Gasteiger partial charge < -0.3 is 11.1 Å². The Morgan fingerprint density at radius 3 is 2.26 bits per heavy atom. The second-order valence-electron chi connectivity index (χ2n) is 6.56. The van der Waals surface area contributed by atoms with Crippen LogP contribution in [0.3, 0.4) is 0 Å². The summed E-state index contributed by atoms with van der Waals surface area (Å²) >= 11 is 0. The van der Waals surface area contributed by atoms with Gasteiger partial charge in [0, 0.05) is 18.0 Å². The first kappa shape index (κ1) is 14.5. The molecule has 2 heteroatoms. The smallest absolute Gasteiger partial charge is 0.0364 e. The van der Waals surface area contributed by atoms with Crippen molar-refractivity contribution in [1.29, 1.82) is 0 Å². The highest BCUT2D eigenvalue weighted by molar-refractivity contribution is 5.27. The van der Waals surface area contributed by atoms with Crippen LogP contribution in [0.2, 0.25) is 0 Å². The fourth-order valence-electron chi connectivity index (χ4n) is 3.27. The van der Waals surface area contributed by atoms with E-state index in [2.05, 4.69) is 43.4 Å². The van der Waals surface area contributed by atoms with Crippen molar-refractivity contribution in [3.8, 4) is 0 Å². The fourth-order valence-corrected chi connectivity index (χ4v) is 3.27. The van der Waals surface area contributed by atoms with E-state index in [9.17, 15) is 0 Å². The van der Waals surface area contributed by atoms with Crippen molar-refractivity contribution in [2.24, 2.45) is 17.1 Å². The first-order valence-corrected chi connectivity index (χ1v) is 7.56. The molecule has 1 saturated carbocycles. The minimum atomic E-state index is 0.168. The summed E-state index contributed by atoms with van der Waals surface area (Å²) in [4.78, 5) is 0. The molecule has 0 amide bonds. The molecule has 3 N–H and O–H groups in total. The lowest BCUT2D eigenvalue weighted by molar-refractivity contribution is 0.0947. The van der Waals surface area contributed by atoms with Crippen LogP contribution in [0.1, 0.15) is 50.3 Å². The quantitative estimate of drug-likeness (QED) is 0.824. The summed E-state index contributed by atoms with van der Waals surface area (Å²) in [5.74, 6) is 0.710. The fraction of sp³-hybridized carbons (Fsp3) is 0.647. The molecular formula is C17H28N2. The number of benzene rings is 1. The highest BCUT2D eigenvalue weighted by atomic mass is 14.9. The average molecular weight is 260 g/mol. The molecule has 1 aromatic carbocycles. The summed E-state index contributed by atoms with van der Waals surface area (Å²) in [5.41, 5.74) is 9.53. The van der Waals surface area contributed by atoms with E-state index in [1.807, 2.05) is 7.05 Å². The van der Waals surface area contributed by atoms with Crippen LogP contribution in [0.5, 0.6) is 0 Å². The van der Waals surface area contributed by atoms with Crippen LogP contribution >= 0.6 is 0 Å². The summed E-state index contributed by atoms with van der Waals surface area (Å²) < 4.78 is 0. The summed E-state index contributed by atoms with van der Waals surface area (Å²) in [7, 11) is 2.03. The van der Waals surface area contributed by atoms with Gasteiger partial charge in [-0.25, -0.2) is 0 Å². The normalized spacial score (nSPS) is 19.2. The maximum Gasteiger partial charge on any atom is 0.0364 e. The number of nitrogens with two attached hydrogens (primary N) is 1. The predicted molar refractivity (Wildman–Crippen MR) is 82.1 cm³/mol. The van der Waals surface area contributed by atoms with Crippen LogP contribution in [-0.4, -0.2) is 13.6 Å². The van der Waals surface area contributed by atoms with Crippen LogP contribution < -0.4 is 11.1 Å². The lowest BCUT2D eigenvalue weighted by atomic mass is 9.62. The molecule has 0 heterocycles. The van der Waals surface area contributed by atoms with E-state index < -0.39 is 0 Å². The van der Waals surface area contributed by atoms with Crippen molar-refractivity contribution in [2.75, 3.05) is 13.6 Å². The number of hydrogen-bond donors (Lipinski definition) is 2. The van der Waals surface area contributed by atoms with E-state index in [-0.39, 0.29) is 11.5 Å². The monoisotopic (exact) mass is 260 g/mol. The van der Waals surface area contributed by atoms with Gasteiger partial charge in [0.25, 0.3) is 0 Å². The van der Waals surface area contributed by atoms with Crippen molar-refractivity contribution in [3.05, 3.63) is 35.4 Å². The molecule has 0 saturated heterocycles. The average Bonchev–Trinajstić information content (AvgIpc) is 2.33. The molecule has 0 radical (unpaired) electrons. The van der Waals surface area contributed by atoms with Crippen LogP contribution in [0, 0.1) is 11.3 Å². The highest BCUT2D eigenvalue weighted by Gasteiger charge is 2.42. The maximum absolute atomic E-state index is 6.53. The Kier molecular flexibility index (Phi) is 4.64. The summed E-state index contributed by atoms with van der Waals surface area (Å²) in [6, 6.07) is 9.14. The zero-order valence-electron chi connectivity index (χ0n) is 12.6. The molecule has 0 spiro atoms. The predicted octanol–water partition coefficient (Wildman–Crippen LogP) is 3.27. The minimum absolute atomic E-state index is 0.168. The van der Waals surface area contributed by atoms with Gasteiger partial charge in [0.1, 0.15) is 0 Å². The molecule has 0 aliphatic heterocycles. The van der Waals surface area contributed by atoms with E-state index in [0.717, 1.165) is 13.0 Å². The van der Waals surface area contributed by atoms with Gasteiger partial charge in [-0.1, -0.05) is 44.5 Å². The number of rotatable bonds is 6. The van der Waals surface area contributed by atoms with Crippen molar-refractivity contribution >= 4 is 0 Å². The van der Waals surface area contributed by atoms with Gasteiger partial charge in [0.15, 0.2) is 0 Å². The molecule has 1 fully saturated rings. The first-order chi connectivity index (χ1) is 9.07. The lowest BCUT2D eigenvalue weighted by Gasteiger charge is -2.46. The van der Waals surface area contributed by atoms with Crippen molar-refractivity contribution < 1.29 is 0 Å². The van der Waals surface area contributed by atoms with Gasteiger partial charge in [0.2, 0.25) is 0 Å². The third-order valence-corrected chi connectivity index (χ3v) is 4.52. The van der Waals surface area contributed by atoms with Gasteiger partial charge in [-0.2, -0.15) is 0 Å². The van der Waals surface area contributed by atoms with Crippen LogP contribution in [0.4, 0.5) is 0 Å². The van der Waals surface area contributed by atoms with Crippen molar-refractivity contribution in [2.45, 2.75) is 45.6 Å². The molecule has 1 aliphatic rings. The standard InChI is InChI=1S/C17H28N2/c1-13(2)11-14-5-7-15(8-6-14)16(18)17(12-19-3)9-4-10-17/h5-8,13,16,19H,4,9-12,18H2,1-3H3. The molecule has 2 nitrogen and oxygen atoms in total. The van der Waals surface area contributed by atoms with Gasteiger partial charge in [-0.3, -0.25) is 0 Å². The van der Waals surface area contributed by atoms with Crippen molar-refractivity contribution in [1.82, 2.24) is 5.32 Å². The first-order valence-electron chi connectivity index (χ1n) is 7.56. The molecule has 2 rings (SSSR count). The number of hydrogen-bond acceptors (Lipinski definition) is 2. The Morgan fingerprint density at radius 2 is 1.84 bits per heavy atom. The molecule has 106 valence electrons. The SMILES string of the molecule is CNCC1(C(N)c2ccc(CC(C)C)cc2)CCC1. The molecule has 1 unspecified atom stereocenters. The largest absolute Gasteiger partial charge is 0.323 e. The Balaban J connectivity index is 2.08. The van der Waals surface area contributed by atoms with E-state index in [0.29, 0.717) is 5.92 Å². The van der Waals surface area contributed by atoms with Crippen LogP contribution in [0.15, 0.2) is 24.3 Å². The Hall–Kier alpha value is -0.860. The second kappa shape index (κ2) is 6.06. The van der Waals surface area contributed by atoms with Gasteiger partial charge in [-0.05, 0) is 43.4 Å². The number of nitrogens with one attached hydrogen (secondary N) is 1. The molecule has 19 heavy (non-hydrogen) atoms. The van der Waals surface area contributed by atoms with E-state index >= 15 is 0 Å². The third kappa shape index (κ3) is 3.18. The highest BCUT2D eigenvalue weighted by Crippen LogP contribution is 2.48. The Morgan fingerprint density at radius 1 is 1.21 bits per heavy atom. The van der Waals surface area contributed by atoms with Gasteiger partial charge >= 0.3 is 0 Å². The Bertz CT molecular complexity index is 390. The minimum Gasteiger partial charge on any atom is -0.323 e. The Labute approximate surface area is 117 Å². The van der Waals surface area contributed by atoms with E-state index in [4.69, 9.17) is 5.73 Å².